The van der Waals surface area contributed by atoms with Gasteiger partial charge < -0.3 is 5.11 Å². The van der Waals surface area contributed by atoms with E-state index < -0.39 is 10.9 Å². The summed E-state index contributed by atoms with van der Waals surface area (Å²) in [7, 11) is 0. The molecule has 98 valence electrons. The van der Waals surface area contributed by atoms with Gasteiger partial charge in [0.25, 0.3) is 0 Å². The van der Waals surface area contributed by atoms with Crippen molar-refractivity contribution in [2.75, 3.05) is 0 Å². The van der Waals surface area contributed by atoms with Crippen molar-refractivity contribution >= 4 is 37.6 Å². The second-order valence-corrected chi connectivity index (χ2v) is 6.03. The van der Waals surface area contributed by atoms with E-state index in [2.05, 4.69) is 31.9 Å². The quantitative estimate of drug-likeness (QED) is 0.636. The topological polar surface area (TPSA) is 37.3 Å². The van der Waals surface area contributed by atoms with Crippen LogP contribution in [-0.2, 0) is 0 Å². The number of halogens is 2. The van der Waals surface area contributed by atoms with Crippen LogP contribution in [0.1, 0.15) is 20.7 Å². The average Bonchev–Trinajstić information content (AvgIpc) is 2.46. The molecule has 0 saturated carbocycles. The lowest BCUT2D eigenvalue weighted by Crippen LogP contribution is -2.25. The highest BCUT2D eigenvalue weighted by molar-refractivity contribution is 9.10. The molecule has 2 aromatic rings. The second kappa shape index (κ2) is 6.46. The third-order valence-electron chi connectivity index (χ3n) is 2.79. The molecule has 0 fully saturated rings. The Morgan fingerprint density at radius 3 is 2.16 bits per heavy atom. The SMILES string of the molecule is O=C(c1ccccc1)[C@@H](O)[C@H](Br)c1ccc(Br)cc1. The first kappa shape index (κ1) is 14.4. The standard InChI is InChI=1S/C15H12Br2O2/c16-12-8-6-10(7-9-12)13(17)15(19)14(18)11-4-2-1-3-5-11/h1-9,13,15,19H/t13-,15+/m1/s1. The van der Waals surface area contributed by atoms with E-state index in [1.165, 1.54) is 0 Å². The van der Waals surface area contributed by atoms with Gasteiger partial charge in [-0.05, 0) is 17.7 Å². The number of Topliss-reactive ketones (excluding diaryl/α,β-unsaturated/α-hetero) is 1. The van der Waals surface area contributed by atoms with E-state index in [0.717, 1.165) is 10.0 Å². The highest BCUT2D eigenvalue weighted by Crippen LogP contribution is 2.29. The molecule has 2 aromatic carbocycles. The van der Waals surface area contributed by atoms with Crippen LogP contribution >= 0.6 is 31.9 Å². The maximum absolute atomic E-state index is 12.1. The second-order valence-electron chi connectivity index (χ2n) is 4.13. The van der Waals surface area contributed by atoms with Crippen molar-refractivity contribution in [2.24, 2.45) is 0 Å². The number of rotatable bonds is 4. The highest BCUT2D eigenvalue weighted by Gasteiger charge is 2.26. The zero-order valence-corrected chi connectivity index (χ0v) is 13.1. The van der Waals surface area contributed by atoms with Crippen LogP contribution < -0.4 is 0 Å². The van der Waals surface area contributed by atoms with Crippen LogP contribution in [0.5, 0.6) is 0 Å². The normalized spacial score (nSPS) is 13.8. The number of carbonyl (C=O) groups is 1. The Hall–Kier alpha value is -0.970. The van der Waals surface area contributed by atoms with Gasteiger partial charge in [0.1, 0.15) is 6.10 Å². The summed E-state index contributed by atoms with van der Waals surface area (Å²) < 4.78 is 0.958. The molecule has 0 bridgehead atoms. The van der Waals surface area contributed by atoms with Crippen molar-refractivity contribution in [1.82, 2.24) is 0 Å². The number of hydrogen-bond acceptors (Lipinski definition) is 2. The maximum atomic E-state index is 12.1. The van der Waals surface area contributed by atoms with Gasteiger partial charge in [-0.3, -0.25) is 4.79 Å². The Labute approximate surface area is 128 Å². The van der Waals surface area contributed by atoms with E-state index in [1.807, 2.05) is 30.3 Å². The van der Waals surface area contributed by atoms with Crippen molar-refractivity contribution in [2.45, 2.75) is 10.9 Å². The van der Waals surface area contributed by atoms with E-state index in [-0.39, 0.29) is 5.78 Å². The zero-order chi connectivity index (χ0) is 13.8. The fraction of sp³-hybridized carbons (Fsp3) is 0.133. The van der Waals surface area contributed by atoms with Crippen LogP contribution in [-0.4, -0.2) is 17.0 Å². The lowest BCUT2D eigenvalue weighted by Gasteiger charge is -2.16. The minimum absolute atomic E-state index is 0.287. The van der Waals surface area contributed by atoms with Gasteiger partial charge in [-0.15, -0.1) is 0 Å². The molecule has 4 heteroatoms. The molecule has 19 heavy (non-hydrogen) atoms. The summed E-state index contributed by atoms with van der Waals surface area (Å²) in [5.74, 6) is -0.287. The number of ketones is 1. The number of aliphatic hydroxyl groups excluding tert-OH is 1. The summed E-state index contributed by atoms with van der Waals surface area (Å²) in [6.45, 7) is 0. The maximum Gasteiger partial charge on any atom is 0.192 e. The summed E-state index contributed by atoms with van der Waals surface area (Å²) in [5, 5.41) is 10.2. The molecule has 0 aliphatic carbocycles. The van der Waals surface area contributed by atoms with Gasteiger partial charge in [0.2, 0.25) is 0 Å². The molecule has 0 aliphatic rings. The van der Waals surface area contributed by atoms with Crippen LogP contribution in [0.3, 0.4) is 0 Å². The van der Waals surface area contributed by atoms with Gasteiger partial charge in [0.15, 0.2) is 5.78 Å². The molecule has 0 amide bonds. The predicted octanol–water partition coefficient (Wildman–Crippen LogP) is 4.13. The van der Waals surface area contributed by atoms with E-state index >= 15 is 0 Å². The van der Waals surface area contributed by atoms with Crippen molar-refractivity contribution < 1.29 is 9.90 Å². The van der Waals surface area contributed by atoms with Gasteiger partial charge in [0.05, 0.1) is 4.83 Å². The van der Waals surface area contributed by atoms with Gasteiger partial charge in [-0.1, -0.05) is 74.3 Å². The van der Waals surface area contributed by atoms with Gasteiger partial charge in [0, 0.05) is 10.0 Å². The third-order valence-corrected chi connectivity index (χ3v) is 4.35. The Kier molecular flexibility index (Phi) is 4.91. The fourth-order valence-corrected chi connectivity index (χ4v) is 2.54. The van der Waals surface area contributed by atoms with Crippen LogP contribution in [0.2, 0.25) is 0 Å². The van der Waals surface area contributed by atoms with Crippen LogP contribution in [0.4, 0.5) is 0 Å². The summed E-state index contributed by atoms with van der Waals surface area (Å²) in [4.78, 5) is 11.7. The summed E-state index contributed by atoms with van der Waals surface area (Å²) in [5.41, 5.74) is 1.37. The van der Waals surface area contributed by atoms with Gasteiger partial charge in [-0.2, -0.15) is 0 Å². The van der Waals surface area contributed by atoms with E-state index in [4.69, 9.17) is 0 Å². The minimum atomic E-state index is -1.11. The average molecular weight is 384 g/mol. The summed E-state index contributed by atoms with van der Waals surface area (Å²) >= 11 is 6.74. The van der Waals surface area contributed by atoms with Gasteiger partial charge in [-0.25, -0.2) is 0 Å². The lowest BCUT2D eigenvalue weighted by molar-refractivity contribution is 0.0746. The van der Waals surface area contributed by atoms with Crippen LogP contribution in [0.25, 0.3) is 0 Å². The van der Waals surface area contributed by atoms with E-state index in [1.54, 1.807) is 24.3 Å². The number of alkyl halides is 1. The molecule has 2 atom stereocenters. The Balaban J connectivity index is 2.17. The molecule has 2 nitrogen and oxygen atoms in total. The summed E-state index contributed by atoms with van der Waals surface area (Å²) in [6.07, 6.45) is -1.11. The monoisotopic (exact) mass is 382 g/mol. The fourth-order valence-electron chi connectivity index (χ4n) is 1.74. The molecule has 0 aromatic heterocycles. The van der Waals surface area contributed by atoms with E-state index in [0.29, 0.717) is 5.56 Å². The predicted molar refractivity (Wildman–Crippen MR) is 82.6 cm³/mol. The summed E-state index contributed by atoms with van der Waals surface area (Å²) in [6, 6.07) is 16.3. The number of aliphatic hydroxyl groups is 1. The number of carbonyl (C=O) groups excluding carboxylic acids is 1. The Bertz CT molecular complexity index is 552. The van der Waals surface area contributed by atoms with Crippen molar-refractivity contribution in [3.63, 3.8) is 0 Å². The van der Waals surface area contributed by atoms with E-state index in [9.17, 15) is 9.90 Å². The van der Waals surface area contributed by atoms with Crippen molar-refractivity contribution in [3.05, 3.63) is 70.2 Å². The Morgan fingerprint density at radius 2 is 1.58 bits per heavy atom. The lowest BCUT2D eigenvalue weighted by atomic mass is 10.00. The number of hydrogen-bond donors (Lipinski definition) is 1. The Morgan fingerprint density at radius 1 is 1.00 bits per heavy atom. The van der Waals surface area contributed by atoms with Crippen LogP contribution in [0.15, 0.2) is 59.1 Å². The van der Waals surface area contributed by atoms with Crippen LogP contribution in [0, 0.1) is 0 Å². The molecule has 2 rings (SSSR count). The first-order valence-electron chi connectivity index (χ1n) is 5.76. The molecular formula is C15H12Br2O2. The first-order chi connectivity index (χ1) is 9.09. The van der Waals surface area contributed by atoms with Gasteiger partial charge >= 0.3 is 0 Å². The van der Waals surface area contributed by atoms with Crippen molar-refractivity contribution in [3.8, 4) is 0 Å². The van der Waals surface area contributed by atoms with Crippen molar-refractivity contribution in [1.29, 1.82) is 0 Å². The molecule has 0 unspecified atom stereocenters. The molecule has 0 heterocycles. The smallest absolute Gasteiger partial charge is 0.192 e. The minimum Gasteiger partial charge on any atom is -0.383 e. The molecule has 0 aliphatic heterocycles. The molecular weight excluding hydrogens is 372 g/mol. The molecule has 1 N–H and O–H groups in total. The molecule has 0 spiro atoms. The third kappa shape index (κ3) is 3.53. The largest absolute Gasteiger partial charge is 0.383 e. The molecule has 0 radical (unpaired) electrons. The number of benzene rings is 2. The highest BCUT2D eigenvalue weighted by atomic mass is 79.9. The zero-order valence-electron chi connectivity index (χ0n) is 9.96. The first-order valence-corrected chi connectivity index (χ1v) is 7.47. The molecule has 0 saturated heterocycles.